The van der Waals surface area contributed by atoms with Crippen LogP contribution in [-0.2, 0) is 15.8 Å². The molecule has 116 valence electrons. The number of sulfonamides is 1. The zero-order valence-electron chi connectivity index (χ0n) is 11.9. The molecule has 1 unspecified atom stereocenters. The van der Waals surface area contributed by atoms with Gasteiger partial charge in [-0.1, -0.05) is 12.1 Å². The van der Waals surface area contributed by atoms with Gasteiger partial charge in [0.1, 0.15) is 0 Å². The van der Waals surface area contributed by atoms with Gasteiger partial charge >= 0.3 is 5.97 Å². The molecule has 1 aliphatic rings. The summed E-state index contributed by atoms with van der Waals surface area (Å²) in [5, 5.41) is 8.81. The minimum Gasteiger partial charge on any atom is -0.478 e. The van der Waals surface area contributed by atoms with E-state index >= 15 is 0 Å². The lowest BCUT2D eigenvalue weighted by atomic mass is 10.1. The maximum atomic E-state index is 12.1. The first-order valence-corrected chi connectivity index (χ1v) is 8.52. The molecule has 1 fully saturated rings. The molecule has 1 aromatic carbocycles. The summed E-state index contributed by atoms with van der Waals surface area (Å²) >= 11 is 0. The van der Waals surface area contributed by atoms with Gasteiger partial charge in [-0.05, 0) is 44.1 Å². The smallest absolute Gasteiger partial charge is 0.335 e. The Morgan fingerprint density at radius 3 is 2.62 bits per heavy atom. The third-order valence-corrected chi connectivity index (χ3v) is 4.93. The van der Waals surface area contributed by atoms with Gasteiger partial charge in [-0.25, -0.2) is 17.9 Å². The van der Waals surface area contributed by atoms with Crippen molar-refractivity contribution in [1.29, 1.82) is 0 Å². The van der Waals surface area contributed by atoms with E-state index in [-0.39, 0.29) is 17.4 Å². The number of piperidine rings is 1. The summed E-state index contributed by atoms with van der Waals surface area (Å²) < 4.78 is 27.0. The fourth-order valence-corrected chi connectivity index (χ4v) is 3.94. The Kier molecular flexibility index (Phi) is 4.97. The van der Waals surface area contributed by atoms with E-state index in [1.165, 1.54) is 24.3 Å². The van der Waals surface area contributed by atoms with Gasteiger partial charge in [0, 0.05) is 12.6 Å². The zero-order valence-corrected chi connectivity index (χ0v) is 12.8. The van der Waals surface area contributed by atoms with Crippen LogP contribution in [0.15, 0.2) is 24.3 Å². The molecule has 0 aromatic heterocycles. The summed E-state index contributed by atoms with van der Waals surface area (Å²) in [7, 11) is -1.44. The quantitative estimate of drug-likeness (QED) is 0.843. The van der Waals surface area contributed by atoms with Gasteiger partial charge in [-0.15, -0.1) is 0 Å². The van der Waals surface area contributed by atoms with E-state index in [0.29, 0.717) is 5.56 Å². The lowest BCUT2D eigenvalue weighted by Gasteiger charge is -2.29. The highest BCUT2D eigenvalue weighted by atomic mass is 32.2. The van der Waals surface area contributed by atoms with Gasteiger partial charge in [0.25, 0.3) is 0 Å². The predicted octanol–water partition coefficient (Wildman–Crippen LogP) is 0.898. The summed E-state index contributed by atoms with van der Waals surface area (Å²) in [6.07, 6.45) is 1.83. The van der Waals surface area contributed by atoms with Crippen molar-refractivity contribution in [3.8, 4) is 0 Å². The Bertz CT molecular complexity index is 598. The molecule has 1 aromatic rings. The Labute approximate surface area is 124 Å². The number of carboxylic acids is 1. The van der Waals surface area contributed by atoms with Crippen molar-refractivity contribution in [1.82, 2.24) is 9.62 Å². The number of carboxylic acid groups (broad SMARTS) is 1. The molecule has 0 radical (unpaired) electrons. The number of likely N-dealkylation sites (tertiary alicyclic amines) is 1. The Morgan fingerprint density at radius 1 is 1.38 bits per heavy atom. The van der Waals surface area contributed by atoms with Crippen LogP contribution in [0.1, 0.15) is 28.8 Å². The predicted molar refractivity (Wildman–Crippen MR) is 79.7 cm³/mol. The number of nitrogens with zero attached hydrogens (tertiary/aromatic N) is 1. The molecule has 6 nitrogen and oxygen atoms in total. The fourth-order valence-electron chi connectivity index (χ4n) is 2.52. The monoisotopic (exact) mass is 312 g/mol. The van der Waals surface area contributed by atoms with Crippen molar-refractivity contribution < 1.29 is 18.3 Å². The van der Waals surface area contributed by atoms with Gasteiger partial charge in [-0.2, -0.15) is 0 Å². The van der Waals surface area contributed by atoms with E-state index in [1.807, 2.05) is 7.05 Å². The van der Waals surface area contributed by atoms with Crippen LogP contribution in [0.5, 0.6) is 0 Å². The number of hydrogen-bond donors (Lipinski definition) is 2. The van der Waals surface area contributed by atoms with Crippen molar-refractivity contribution in [3.05, 3.63) is 35.4 Å². The lowest BCUT2D eigenvalue weighted by molar-refractivity contribution is 0.0697. The minimum atomic E-state index is -3.41. The number of likely N-dealkylation sites (N-methyl/N-ethyl adjacent to an activating group) is 1. The number of carbonyl (C=O) groups is 1. The second-order valence-electron chi connectivity index (χ2n) is 5.48. The van der Waals surface area contributed by atoms with E-state index in [2.05, 4.69) is 9.62 Å². The molecule has 21 heavy (non-hydrogen) atoms. The first-order valence-electron chi connectivity index (χ1n) is 6.86. The van der Waals surface area contributed by atoms with Crippen molar-refractivity contribution >= 4 is 16.0 Å². The first-order chi connectivity index (χ1) is 9.85. The molecule has 0 saturated carbocycles. The molecule has 2 rings (SSSR count). The molecular formula is C14H20N2O4S. The zero-order chi connectivity index (χ0) is 15.5. The number of nitrogens with one attached hydrogen (secondary N) is 1. The standard InChI is InChI=1S/C14H20N2O4S/c1-16-8-2-3-13(9-16)15-21(19,20)10-11-4-6-12(7-5-11)14(17)18/h4-7,13,15H,2-3,8-10H2,1H3,(H,17,18). The third kappa shape index (κ3) is 4.80. The maximum absolute atomic E-state index is 12.1. The molecule has 7 heteroatoms. The van der Waals surface area contributed by atoms with E-state index in [4.69, 9.17) is 5.11 Å². The minimum absolute atomic E-state index is 0.0490. The van der Waals surface area contributed by atoms with E-state index < -0.39 is 16.0 Å². The molecule has 0 bridgehead atoms. The molecule has 1 heterocycles. The number of benzene rings is 1. The molecule has 0 amide bonds. The highest BCUT2D eigenvalue weighted by Gasteiger charge is 2.22. The van der Waals surface area contributed by atoms with Crippen LogP contribution in [-0.4, -0.2) is 50.6 Å². The number of aromatic carboxylic acids is 1. The summed E-state index contributed by atoms with van der Waals surface area (Å²) in [6, 6.07) is 5.86. The molecular weight excluding hydrogens is 292 g/mol. The average molecular weight is 312 g/mol. The van der Waals surface area contributed by atoms with E-state index in [0.717, 1.165) is 25.9 Å². The Hall–Kier alpha value is -1.44. The summed E-state index contributed by atoms with van der Waals surface area (Å²) in [5.74, 6) is -1.15. The number of hydrogen-bond acceptors (Lipinski definition) is 4. The Morgan fingerprint density at radius 2 is 2.05 bits per heavy atom. The maximum Gasteiger partial charge on any atom is 0.335 e. The lowest BCUT2D eigenvalue weighted by Crippen LogP contribution is -2.46. The van der Waals surface area contributed by atoms with E-state index in [1.54, 1.807) is 0 Å². The van der Waals surface area contributed by atoms with Crippen molar-refractivity contribution in [2.45, 2.75) is 24.6 Å². The normalized spacial score (nSPS) is 20.3. The van der Waals surface area contributed by atoms with Crippen LogP contribution in [0.4, 0.5) is 0 Å². The van der Waals surface area contributed by atoms with Gasteiger partial charge in [0.05, 0.1) is 11.3 Å². The highest BCUT2D eigenvalue weighted by Crippen LogP contribution is 2.12. The summed E-state index contributed by atoms with van der Waals surface area (Å²) in [5.41, 5.74) is 0.731. The van der Waals surface area contributed by atoms with Crippen LogP contribution < -0.4 is 4.72 Å². The molecule has 0 aliphatic carbocycles. The molecule has 2 N–H and O–H groups in total. The second kappa shape index (κ2) is 6.55. The highest BCUT2D eigenvalue weighted by molar-refractivity contribution is 7.88. The molecule has 0 spiro atoms. The molecule has 1 atom stereocenters. The van der Waals surface area contributed by atoms with Crippen molar-refractivity contribution in [3.63, 3.8) is 0 Å². The number of rotatable bonds is 5. The summed E-state index contributed by atoms with van der Waals surface area (Å²) in [6.45, 7) is 1.71. The first kappa shape index (κ1) is 15.9. The van der Waals surface area contributed by atoms with Gasteiger partial charge < -0.3 is 10.0 Å². The summed E-state index contributed by atoms with van der Waals surface area (Å²) in [4.78, 5) is 12.9. The fraction of sp³-hybridized carbons (Fsp3) is 0.500. The van der Waals surface area contributed by atoms with Gasteiger partial charge in [-0.3, -0.25) is 0 Å². The third-order valence-electron chi connectivity index (χ3n) is 3.53. The molecule has 1 saturated heterocycles. The largest absolute Gasteiger partial charge is 0.478 e. The van der Waals surface area contributed by atoms with Crippen LogP contribution in [0, 0.1) is 0 Å². The van der Waals surface area contributed by atoms with Crippen molar-refractivity contribution in [2.24, 2.45) is 0 Å². The van der Waals surface area contributed by atoms with Crippen LogP contribution in [0.2, 0.25) is 0 Å². The SMILES string of the molecule is CN1CCCC(NS(=O)(=O)Cc2ccc(C(=O)O)cc2)C1. The topological polar surface area (TPSA) is 86.7 Å². The van der Waals surface area contributed by atoms with Gasteiger partial charge in [0.15, 0.2) is 0 Å². The average Bonchev–Trinajstić information content (AvgIpc) is 2.38. The van der Waals surface area contributed by atoms with Gasteiger partial charge in [0.2, 0.25) is 10.0 Å². The second-order valence-corrected chi connectivity index (χ2v) is 7.23. The van der Waals surface area contributed by atoms with E-state index in [9.17, 15) is 13.2 Å². The Balaban J connectivity index is 1.98. The van der Waals surface area contributed by atoms with Crippen LogP contribution in [0.25, 0.3) is 0 Å². The van der Waals surface area contributed by atoms with Crippen LogP contribution in [0.3, 0.4) is 0 Å². The van der Waals surface area contributed by atoms with Crippen LogP contribution >= 0.6 is 0 Å². The molecule has 1 aliphatic heterocycles. The van der Waals surface area contributed by atoms with Crippen molar-refractivity contribution in [2.75, 3.05) is 20.1 Å².